The Labute approximate surface area is 186 Å². The number of carbonyl (C=O) groups is 1. The van der Waals surface area contributed by atoms with Crippen LogP contribution in [0.15, 0.2) is 42.7 Å². The number of carbonyl (C=O) groups excluding carboxylic acids is 1. The van der Waals surface area contributed by atoms with Gasteiger partial charge in [0.1, 0.15) is 24.4 Å². The number of nitrogens with zero attached hydrogens (tertiary/aromatic N) is 1. The molecule has 11 heteroatoms. The average Bonchev–Trinajstić information content (AvgIpc) is 2.78. The van der Waals surface area contributed by atoms with E-state index in [-0.39, 0.29) is 28.8 Å². The van der Waals surface area contributed by atoms with Gasteiger partial charge in [0, 0.05) is 30.1 Å². The number of hydrogen-bond donors (Lipinski definition) is 5. The third-order valence-corrected chi connectivity index (χ3v) is 5.74. The number of fused-ring (bicyclic) bond motifs is 1. The standard InChI is InChI=1S/C22H21F3N2O6/c23-22(24,25)17-13-2-1-12(27-18-20(31)19(30)15(9-28)33-21(18)32)7-11(13)8-14(29)16(17)10-3-5-26-6-4-10/h1-7,15,18-21,27-28,30-32H,8-9H2/t15?,18?,19-,20-,21-/m0/s1. The van der Waals surface area contributed by atoms with Crippen molar-refractivity contribution in [1.29, 1.82) is 0 Å². The maximum Gasteiger partial charge on any atom is 0.417 e. The number of pyridine rings is 1. The van der Waals surface area contributed by atoms with Crippen LogP contribution in [-0.2, 0) is 16.0 Å². The Bertz CT molecular complexity index is 1080. The van der Waals surface area contributed by atoms with Crippen molar-refractivity contribution in [2.45, 2.75) is 43.2 Å². The summed E-state index contributed by atoms with van der Waals surface area (Å²) < 4.78 is 47.2. The Morgan fingerprint density at radius 1 is 1.09 bits per heavy atom. The SMILES string of the molecule is O=C1Cc2cc(NC3[C@@H](O)OC(CO)[C@H](O)[C@H]3O)ccc2C(C(F)(F)F)=C1c1ccncc1. The molecule has 4 rings (SSSR count). The highest BCUT2D eigenvalue weighted by atomic mass is 19.4. The fraction of sp³-hybridized carbons (Fsp3) is 0.364. The van der Waals surface area contributed by atoms with Crippen LogP contribution in [0, 0.1) is 0 Å². The van der Waals surface area contributed by atoms with Gasteiger partial charge < -0.3 is 30.5 Å². The van der Waals surface area contributed by atoms with Crippen LogP contribution in [0.3, 0.4) is 0 Å². The molecule has 0 bridgehead atoms. The molecule has 0 radical (unpaired) electrons. The van der Waals surface area contributed by atoms with Gasteiger partial charge in [-0.1, -0.05) is 6.07 Å². The second-order valence-corrected chi connectivity index (χ2v) is 7.85. The number of aromatic nitrogens is 1. The maximum atomic E-state index is 14.0. The highest BCUT2D eigenvalue weighted by molar-refractivity contribution is 6.31. The van der Waals surface area contributed by atoms with E-state index in [0.29, 0.717) is 0 Å². The predicted octanol–water partition coefficient (Wildman–Crippen LogP) is 0.892. The number of benzene rings is 1. The summed E-state index contributed by atoms with van der Waals surface area (Å²) in [4.78, 5) is 16.6. The van der Waals surface area contributed by atoms with Crippen LogP contribution in [0.4, 0.5) is 18.9 Å². The van der Waals surface area contributed by atoms with Crippen LogP contribution < -0.4 is 5.32 Å². The van der Waals surface area contributed by atoms with E-state index in [4.69, 9.17) is 9.84 Å². The van der Waals surface area contributed by atoms with Crippen LogP contribution in [0.25, 0.3) is 11.1 Å². The molecule has 0 amide bonds. The highest BCUT2D eigenvalue weighted by Gasteiger charge is 2.45. The van der Waals surface area contributed by atoms with Crippen molar-refractivity contribution in [1.82, 2.24) is 4.98 Å². The number of Topliss-reactive ketones (excluding diaryl/α,β-unsaturated/α-hetero) is 1. The van der Waals surface area contributed by atoms with Crippen molar-refractivity contribution >= 4 is 22.6 Å². The molecule has 1 saturated heterocycles. The van der Waals surface area contributed by atoms with Gasteiger partial charge in [0.25, 0.3) is 0 Å². The molecular formula is C22H21F3N2O6. The van der Waals surface area contributed by atoms with Gasteiger partial charge >= 0.3 is 6.18 Å². The highest BCUT2D eigenvalue weighted by Crippen LogP contribution is 2.45. The Hall–Kier alpha value is -2.83. The number of aliphatic hydroxyl groups excluding tert-OH is 4. The normalized spacial score (nSPS) is 28.0. The lowest BCUT2D eigenvalue weighted by molar-refractivity contribution is -0.245. The van der Waals surface area contributed by atoms with Gasteiger partial charge in [0.15, 0.2) is 12.1 Å². The van der Waals surface area contributed by atoms with Crippen molar-refractivity contribution in [2.24, 2.45) is 0 Å². The molecule has 2 unspecified atom stereocenters. The molecule has 0 saturated carbocycles. The molecule has 33 heavy (non-hydrogen) atoms. The summed E-state index contributed by atoms with van der Waals surface area (Å²) in [7, 11) is 0. The number of halogens is 3. The van der Waals surface area contributed by atoms with Crippen LogP contribution in [-0.4, -0.2) is 74.6 Å². The number of ether oxygens (including phenoxy) is 1. The fourth-order valence-electron chi connectivity index (χ4n) is 4.17. The third kappa shape index (κ3) is 4.37. The van der Waals surface area contributed by atoms with Crippen LogP contribution in [0.5, 0.6) is 0 Å². The first-order valence-corrected chi connectivity index (χ1v) is 10.1. The van der Waals surface area contributed by atoms with E-state index in [1.54, 1.807) is 0 Å². The number of aliphatic hydroxyl groups is 4. The average molecular weight is 466 g/mol. The molecule has 8 nitrogen and oxygen atoms in total. The molecule has 176 valence electrons. The predicted molar refractivity (Wildman–Crippen MR) is 110 cm³/mol. The van der Waals surface area contributed by atoms with Gasteiger partial charge in [-0.3, -0.25) is 9.78 Å². The maximum absolute atomic E-state index is 14.0. The van der Waals surface area contributed by atoms with Gasteiger partial charge in [0.05, 0.1) is 12.2 Å². The smallest absolute Gasteiger partial charge is 0.394 e. The topological polar surface area (TPSA) is 132 Å². The third-order valence-electron chi connectivity index (χ3n) is 5.74. The first kappa shape index (κ1) is 23.3. The van der Waals surface area contributed by atoms with E-state index in [1.165, 1.54) is 42.7 Å². The molecule has 2 aliphatic rings. The molecule has 5 atom stereocenters. The second kappa shape index (κ2) is 8.84. The number of allylic oxidation sites excluding steroid dienone is 2. The van der Waals surface area contributed by atoms with E-state index in [0.717, 1.165) is 0 Å². The molecular weight excluding hydrogens is 445 g/mol. The summed E-state index contributed by atoms with van der Waals surface area (Å²) in [5.74, 6) is -0.708. The summed E-state index contributed by atoms with van der Waals surface area (Å²) in [5.41, 5.74) is -1.19. The van der Waals surface area contributed by atoms with Crippen LogP contribution in [0.1, 0.15) is 16.7 Å². The zero-order valence-corrected chi connectivity index (χ0v) is 17.0. The second-order valence-electron chi connectivity index (χ2n) is 7.85. The first-order valence-electron chi connectivity index (χ1n) is 10.1. The Balaban J connectivity index is 1.71. The van der Waals surface area contributed by atoms with E-state index < -0.39 is 60.4 Å². The number of nitrogens with one attached hydrogen (secondary N) is 1. The molecule has 1 aliphatic heterocycles. The van der Waals surface area contributed by atoms with E-state index >= 15 is 0 Å². The van der Waals surface area contributed by atoms with Gasteiger partial charge in [-0.2, -0.15) is 13.2 Å². The monoisotopic (exact) mass is 466 g/mol. The van der Waals surface area contributed by atoms with Crippen molar-refractivity contribution in [3.63, 3.8) is 0 Å². The molecule has 1 aliphatic carbocycles. The van der Waals surface area contributed by atoms with Gasteiger partial charge in [0.2, 0.25) is 0 Å². The quantitative estimate of drug-likeness (QED) is 0.449. The van der Waals surface area contributed by atoms with Crippen molar-refractivity contribution in [3.8, 4) is 0 Å². The largest absolute Gasteiger partial charge is 0.417 e. The Morgan fingerprint density at radius 3 is 2.42 bits per heavy atom. The van der Waals surface area contributed by atoms with Gasteiger partial charge in [-0.15, -0.1) is 0 Å². The number of anilines is 1. The number of alkyl halides is 3. The van der Waals surface area contributed by atoms with Crippen LogP contribution in [0.2, 0.25) is 0 Å². The minimum atomic E-state index is -4.80. The summed E-state index contributed by atoms with van der Waals surface area (Å²) in [6, 6.07) is 5.31. The van der Waals surface area contributed by atoms with E-state index in [1.807, 2.05) is 0 Å². The summed E-state index contributed by atoms with van der Waals surface area (Å²) in [6.07, 6.45) is -8.31. The van der Waals surface area contributed by atoms with Crippen molar-refractivity contribution in [3.05, 3.63) is 59.4 Å². The minimum Gasteiger partial charge on any atom is -0.394 e. The van der Waals surface area contributed by atoms with Crippen LogP contribution >= 0.6 is 0 Å². The summed E-state index contributed by atoms with van der Waals surface area (Å²) in [6.45, 7) is -0.630. The lowest BCUT2D eigenvalue weighted by Crippen LogP contribution is -2.61. The minimum absolute atomic E-state index is 0.115. The van der Waals surface area contributed by atoms with Crippen molar-refractivity contribution < 1.29 is 43.1 Å². The van der Waals surface area contributed by atoms with E-state index in [2.05, 4.69) is 10.3 Å². The Morgan fingerprint density at radius 2 is 1.79 bits per heavy atom. The number of rotatable bonds is 4. The zero-order chi connectivity index (χ0) is 23.9. The molecule has 0 spiro atoms. The number of ketones is 1. The van der Waals surface area contributed by atoms with Crippen molar-refractivity contribution in [2.75, 3.05) is 11.9 Å². The Kier molecular flexibility index (Phi) is 6.25. The zero-order valence-electron chi connectivity index (χ0n) is 17.0. The van der Waals surface area contributed by atoms with Gasteiger partial charge in [-0.05, 0) is 41.0 Å². The van der Waals surface area contributed by atoms with E-state index in [9.17, 15) is 33.3 Å². The number of hydrogen-bond acceptors (Lipinski definition) is 8. The lowest BCUT2D eigenvalue weighted by Gasteiger charge is -2.40. The summed E-state index contributed by atoms with van der Waals surface area (Å²) >= 11 is 0. The lowest BCUT2D eigenvalue weighted by atomic mass is 9.81. The molecule has 1 aromatic heterocycles. The first-order chi connectivity index (χ1) is 15.6. The molecule has 1 aromatic carbocycles. The summed E-state index contributed by atoms with van der Waals surface area (Å²) in [5, 5.41) is 42.3. The molecule has 5 N–H and O–H groups in total. The van der Waals surface area contributed by atoms with Gasteiger partial charge in [-0.25, -0.2) is 0 Å². The molecule has 2 aromatic rings. The molecule has 1 fully saturated rings. The fourth-order valence-corrected chi connectivity index (χ4v) is 4.17. The molecule has 2 heterocycles.